The molecule has 0 aromatic carbocycles. The van der Waals surface area contributed by atoms with E-state index in [2.05, 4.69) is 12.1 Å². The molecule has 108 valence electrons. The van der Waals surface area contributed by atoms with Crippen molar-refractivity contribution in [1.82, 2.24) is 4.90 Å². The van der Waals surface area contributed by atoms with Gasteiger partial charge in [0.05, 0.1) is 6.10 Å². The number of likely N-dealkylation sites (tertiary alicyclic amines) is 1. The van der Waals surface area contributed by atoms with E-state index in [9.17, 15) is 4.79 Å². The van der Waals surface area contributed by atoms with Gasteiger partial charge in [-0.2, -0.15) is 0 Å². The number of nitrogens with two attached hydrogens (primary N) is 1. The number of nitrogens with zero attached hydrogens (tertiary/aromatic N) is 2. The van der Waals surface area contributed by atoms with Crippen LogP contribution in [0.25, 0.3) is 0 Å². The van der Waals surface area contributed by atoms with E-state index in [0.717, 1.165) is 19.4 Å². The molecule has 0 spiro atoms. The molecule has 1 saturated carbocycles. The summed E-state index contributed by atoms with van der Waals surface area (Å²) in [6, 6.07) is 0. The second-order valence-corrected chi connectivity index (χ2v) is 5.83. The summed E-state index contributed by atoms with van der Waals surface area (Å²) in [6.45, 7) is 3.40. The van der Waals surface area contributed by atoms with Crippen LogP contribution >= 0.6 is 0 Å². The van der Waals surface area contributed by atoms with Crippen LogP contribution in [-0.4, -0.2) is 48.2 Å². The van der Waals surface area contributed by atoms with Crippen LogP contribution in [0.15, 0.2) is 5.16 Å². The molecule has 19 heavy (non-hydrogen) atoms. The van der Waals surface area contributed by atoms with Crippen molar-refractivity contribution in [1.29, 1.82) is 0 Å². The fourth-order valence-corrected chi connectivity index (χ4v) is 3.34. The molecule has 1 aliphatic carbocycles. The number of methoxy groups -OCH3 is 1. The van der Waals surface area contributed by atoms with E-state index in [1.807, 2.05) is 4.90 Å². The maximum Gasteiger partial charge on any atom is 0.236 e. The molecule has 2 fully saturated rings. The second kappa shape index (κ2) is 5.36. The van der Waals surface area contributed by atoms with Crippen LogP contribution in [-0.2, 0) is 9.53 Å². The molecule has 0 aromatic rings. The molecule has 2 rings (SSSR count). The standard InChI is InChI=1S/C13H23N3O3/c1-9-6-13(7-9,11(14)15-18)12(17)16-5-3-4-10(8-16)19-2/h9-10,18H,3-8H2,1-2H3,(H2,14,15). The van der Waals surface area contributed by atoms with E-state index < -0.39 is 5.41 Å². The number of carbonyl (C=O) groups is 1. The van der Waals surface area contributed by atoms with Crippen LogP contribution in [0, 0.1) is 11.3 Å². The van der Waals surface area contributed by atoms with Crippen LogP contribution in [0.2, 0.25) is 0 Å². The minimum absolute atomic E-state index is 0.0114. The molecule has 1 unspecified atom stereocenters. The third-order valence-electron chi connectivity index (χ3n) is 4.40. The fraction of sp³-hybridized carbons (Fsp3) is 0.846. The quantitative estimate of drug-likeness (QED) is 0.343. The number of amides is 1. The van der Waals surface area contributed by atoms with Crippen LogP contribution in [0.4, 0.5) is 0 Å². The smallest absolute Gasteiger partial charge is 0.236 e. The summed E-state index contributed by atoms with van der Waals surface area (Å²) in [6.07, 6.45) is 3.34. The van der Waals surface area contributed by atoms with Crippen LogP contribution in [0.1, 0.15) is 32.6 Å². The van der Waals surface area contributed by atoms with E-state index in [0.29, 0.717) is 25.3 Å². The minimum Gasteiger partial charge on any atom is -0.409 e. The number of rotatable bonds is 3. The number of ether oxygens (including phenoxy) is 1. The molecule has 1 amide bonds. The first-order valence-corrected chi connectivity index (χ1v) is 6.83. The summed E-state index contributed by atoms with van der Waals surface area (Å²) in [7, 11) is 1.67. The average Bonchev–Trinajstić information content (AvgIpc) is 2.42. The van der Waals surface area contributed by atoms with Gasteiger partial charge in [0, 0.05) is 20.2 Å². The number of hydrogen-bond acceptors (Lipinski definition) is 4. The van der Waals surface area contributed by atoms with Crippen LogP contribution in [0.3, 0.4) is 0 Å². The molecular weight excluding hydrogens is 246 g/mol. The molecule has 0 bridgehead atoms. The highest BCUT2D eigenvalue weighted by molar-refractivity contribution is 6.07. The number of hydrogen-bond donors (Lipinski definition) is 2. The van der Waals surface area contributed by atoms with Crippen molar-refractivity contribution in [3.8, 4) is 0 Å². The molecule has 1 atom stereocenters. The normalized spacial score (nSPS) is 35.9. The molecule has 1 aliphatic heterocycles. The number of carbonyl (C=O) groups excluding carboxylic acids is 1. The van der Waals surface area contributed by atoms with Crippen molar-refractivity contribution in [2.75, 3.05) is 20.2 Å². The number of amidine groups is 1. The summed E-state index contributed by atoms with van der Waals surface area (Å²) in [5.41, 5.74) is 4.98. The molecular formula is C13H23N3O3. The van der Waals surface area contributed by atoms with E-state index >= 15 is 0 Å². The van der Waals surface area contributed by atoms with E-state index in [4.69, 9.17) is 15.7 Å². The molecule has 1 heterocycles. The first kappa shape index (κ1) is 14.1. The third-order valence-corrected chi connectivity index (χ3v) is 4.40. The lowest BCUT2D eigenvalue weighted by molar-refractivity contribution is -0.148. The Labute approximate surface area is 113 Å². The van der Waals surface area contributed by atoms with Gasteiger partial charge in [-0.15, -0.1) is 0 Å². The Bertz CT molecular complexity index is 377. The van der Waals surface area contributed by atoms with E-state index in [1.54, 1.807) is 7.11 Å². The fourth-order valence-electron chi connectivity index (χ4n) is 3.34. The molecule has 0 radical (unpaired) electrons. The van der Waals surface area contributed by atoms with Crippen LogP contribution in [0.5, 0.6) is 0 Å². The van der Waals surface area contributed by atoms with Gasteiger partial charge in [-0.1, -0.05) is 12.1 Å². The van der Waals surface area contributed by atoms with Gasteiger partial charge in [-0.25, -0.2) is 0 Å². The Kier molecular flexibility index (Phi) is 3.99. The van der Waals surface area contributed by atoms with Crippen molar-refractivity contribution < 1.29 is 14.7 Å². The second-order valence-electron chi connectivity index (χ2n) is 5.83. The van der Waals surface area contributed by atoms with Crippen LogP contribution < -0.4 is 5.73 Å². The zero-order valence-corrected chi connectivity index (χ0v) is 11.6. The first-order valence-electron chi connectivity index (χ1n) is 6.83. The van der Waals surface area contributed by atoms with Crippen molar-refractivity contribution in [2.24, 2.45) is 22.2 Å². The predicted octanol–water partition coefficient (Wildman–Crippen LogP) is 0.787. The van der Waals surface area contributed by atoms with Gasteiger partial charge in [-0.05, 0) is 31.6 Å². The van der Waals surface area contributed by atoms with Crippen molar-refractivity contribution >= 4 is 11.7 Å². The van der Waals surface area contributed by atoms with Crippen molar-refractivity contribution in [3.63, 3.8) is 0 Å². The number of oxime groups is 1. The highest BCUT2D eigenvalue weighted by Crippen LogP contribution is 2.47. The Balaban J connectivity index is 2.12. The maximum atomic E-state index is 12.7. The van der Waals surface area contributed by atoms with Gasteiger partial charge in [0.1, 0.15) is 5.41 Å². The first-order chi connectivity index (χ1) is 9.03. The maximum absolute atomic E-state index is 12.7. The third kappa shape index (κ3) is 2.41. The van der Waals surface area contributed by atoms with Gasteiger partial charge in [-0.3, -0.25) is 4.79 Å². The topological polar surface area (TPSA) is 88.2 Å². The molecule has 6 heteroatoms. The highest BCUT2D eigenvalue weighted by Gasteiger charge is 2.54. The van der Waals surface area contributed by atoms with Crippen molar-refractivity contribution in [3.05, 3.63) is 0 Å². The summed E-state index contributed by atoms with van der Waals surface area (Å²) in [4.78, 5) is 14.5. The Morgan fingerprint density at radius 2 is 2.21 bits per heavy atom. The zero-order valence-electron chi connectivity index (χ0n) is 11.6. The Morgan fingerprint density at radius 1 is 1.53 bits per heavy atom. The van der Waals surface area contributed by atoms with Gasteiger partial charge >= 0.3 is 0 Å². The molecule has 1 saturated heterocycles. The lowest BCUT2D eigenvalue weighted by Crippen LogP contribution is -2.59. The van der Waals surface area contributed by atoms with Gasteiger partial charge < -0.3 is 20.6 Å². The average molecular weight is 269 g/mol. The Hall–Kier alpha value is -1.30. The summed E-state index contributed by atoms with van der Waals surface area (Å²) in [5, 5.41) is 12.0. The SMILES string of the molecule is COC1CCCN(C(=O)C2(C(N)=NO)CC(C)C2)C1. The summed E-state index contributed by atoms with van der Waals surface area (Å²) >= 11 is 0. The monoisotopic (exact) mass is 269 g/mol. The van der Waals surface area contributed by atoms with Gasteiger partial charge in [0.2, 0.25) is 5.91 Å². The number of piperidine rings is 1. The Morgan fingerprint density at radius 3 is 2.74 bits per heavy atom. The lowest BCUT2D eigenvalue weighted by Gasteiger charge is -2.47. The largest absolute Gasteiger partial charge is 0.409 e. The predicted molar refractivity (Wildman–Crippen MR) is 70.9 cm³/mol. The lowest BCUT2D eigenvalue weighted by atomic mass is 9.61. The highest BCUT2D eigenvalue weighted by atomic mass is 16.5. The van der Waals surface area contributed by atoms with E-state index in [-0.39, 0.29) is 17.8 Å². The summed E-state index contributed by atoms with van der Waals surface area (Å²) in [5.74, 6) is 0.477. The molecule has 6 nitrogen and oxygen atoms in total. The summed E-state index contributed by atoms with van der Waals surface area (Å²) < 4.78 is 5.34. The van der Waals surface area contributed by atoms with Gasteiger partial charge in [0.15, 0.2) is 5.84 Å². The molecule has 0 aromatic heterocycles. The molecule has 3 N–H and O–H groups in total. The zero-order chi connectivity index (χ0) is 14.0. The van der Waals surface area contributed by atoms with E-state index in [1.165, 1.54) is 0 Å². The minimum atomic E-state index is -0.788. The van der Waals surface area contributed by atoms with Crippen molar-refractivity contribution in [2.45, 2.75) is 38.7 Å². The van der Waals surface area contributed by atoms with Gasteiger partial charge in [0.25, 0.3) is 0 Å². The molecule has 2 aliphatic rings.